The van der Waals surface area contributed by atoms with Crippen LogP contribution in [0.3, 0.4) is 0 Å². The number of piperidine rings is 1. The summed E-state index contributed by atoms with van der Waals surface area (Å²) in [4.78, 5) is 25.8. The molecule has 0 spiro atoms. The van der Waals surface area contributed by atoms with Crippen LogP contribution in [0, 0.1) is 5.92 Å². The molecular weight excluding hydrogens is 394 g/mol. The molecule has 2 heterocycles. The lowest BCUT2D eigenvalue weighted by Gasteiger charge is -2.36. The third-order valence-electron chi connectivity index (χ3n) is 4.95. The zero-order valence-electron chi connectivity index (χ0n) is 14.7. The van der Waals surface area contributed by atoms with E-state index in [-0.39, 0.29) is 43.0 Å². The van der Waals surface area contributed by atoms with Crippen LogP contribution in [-0.2, 0) is 24.3 Å². The maximum atomic E-state index is 12.7. The van der Waals surface area contributed by atoms with Crippen molar-refractivity contribution in [2.75, 3.05) is 32.8 Å². The van der Waals surface area contributed by atoms with Gasteiger partial charge in [0.15, 0.2) is 6.10 Å². The van der Waals surface area contributed by atoms with E-state index < -0.39 is 22.0 Å². The minimum atomic E-state index is -3.60. The summed E-state index contributed by atoms with van der Waals surface area (Å²) in [6.45, 7) is 1.36. The van der Waals surface area contributed by atoms with Crippen LogP contribution in [0.1, 0.15) is 12.8 Å². The number of benzene rings is 1. The van der Waals surface area contributed by atoms with E-state index in [1.807, 2.05) is 0 Å². The summed E-state index contributed by atoms with van der Waals surface area (Å²) in [5, 5.41) is 0.470. The Morgan fingerprint density at radius 2 is 1.74 bits per heavy atom. The fourth-order valence-electron chi connectivity index (χ4n) is 3.38. The maximum Gasteiger partial charge on any atom is 0.248 e. The van der Waals surface area contributed by atoms with Crippen molar-refractivity contribution in [2.45, 2.75) is 23.8 Å². The highest BCUT2D eigenvalue weighted by molar-refractivity contribution is 7.89. The smallest absolute Gasteiger partial charge is 0.248 e. The van der Waals surface area contributed by atoms with E-state index in [2.05, 4.69) is 0 Å². The number of halogens is 1. The molecule has 0 bridgehead atoms. The Hall–Kier alpha value is -1.68. The number of carbonyl (C=O) groups excluding carboxylic acids is 2. The van der Waals surface area contributed by atoms with Gasteiger partial charge in [-0.2, -0.15) is 4.31 Å². The van der Waals surface area contributed by atoms with Crippen molar-refractivity contribution in [3.63, 3.8) is 0 Å². The minimum Gasteiger partial charge on any atom is -0.367 e. The van der Waals surface area contributed by atoms with Crippen LogP contribution in [0.5, 0.6) is 0 Å². The monoisotopic (exact) mass is 415 g/mol. The van der Waals surface area contributed by atoms with Crippen LogP contribution < -0.4 is 5.73 Å². The summed E-state index contributed by atoms with van der Waals surface area (Å²) in [6.07, 6.45) is 0.0853. The molecule has 0 radical (unpaired) electrons. The van der Waals surface area contributed by atoms with Crippen molar-refractivity contribution in [3.8, 4) is 0 Å². The molecule has 1 atom stereocenters. The van der Waals surface area contributed by atoms with E-state index >= 15 is 0 Å². The molecule has 10 heteroatoms. The predicted octanol–water partition coefficient (Wildman–Crippen LogP) is 0.453. The molecule has 27 heavy (non-hydrogen) atoms. The van der Waals surface area contributed by atoms with Crippen LogP contribution >= 0.6 is 11.6 Å². The van der Waals surface area contributed by atoms with E-state index in [1.54, 1.807) is 4.90 Å². The third kappa shape index (κ3) is 4.43. The summed E-state index contributed by atoms with van der Waals surface area (Å²) in [6, 6.07) is 6.04. The van der Waals surface area contributed by atoms with E-state index in [9.17, 15) is 18.0 Å². The molecule has 2 amide bonds. The number of ether oxygens (including phenoxy) is 1. The van der Waals surface area contributed by atoms with Crippen molar-refractivity contribution in [2.24, 2.45) is 11.7 Å². The van der Waals surface area contributed by atoms with E-state index in [0.29, 0.717) is 24.4 Å². The molecule has 1 aromatic carbocycles. The molecular formula is C17H22ClN3O5S. The van der Waals surface area contributed by atoms with Crippen molar-refractivity contribution in [1.29, 1.82) is 0 Å². The third-order valence-corrected chi connectivity index (χ3v) is 7.11. The van der Waals surface area contributed by atoms with Gasteiger partial charge in [0.1, 0.15) is 0 Å². The molecule has 8 nitrogen and oxygen atoms in total. The first-order valence-electron chi connectivity index (χ1n) is 8.74. The van der Waals surface area contributed by atoms with Crippen LogP contribution in [0.2, 0.25) is 5.02 Å². The Balaban J connectivity index is 1.60. The Morgan fingerprint density at radius 3 is 2.33 bits per heavy atom. The molecule has 1 aromatic rings. The first-order valence-corrected chi connectivity index (χ1v) is 10.6. The topological polar surface area (TPSA) is 110 Å². The lowest BCUT2D eigenvalue weighted by molar-refractivity contribution is -0.149. The molecule has 0 saturated carbocycles. The van der Waals surface area contributed by atoms with Crippen LogP contribution in [0.4, 0.5) is 0 Å². The fourth-order valence-corrected chi connectivity index (χ4v) is 4.97. The fraction of sp³-hybridized carbons (Fsp3) is 0.529. The molecule has 3 rings (SSSR count). The van der Waals surface area contributed by atoms with Gasteiger partial charge in [0.05, 0.1) is 18.0 Å². The Bertz CT molecular complexity index is 806. The van der Waals surface area contributed by atoms with Crippen molar-refractivity contribution in [3.05, 3.63) is 29.3 Å². The van der Waals surface area contributed by atoms with Gasteiger partial charge in [0, 0.05) is 30.6 Å². The van der Waals surface area contributed by atoms with Gasteiger partial charge in [-0.25, -0.2) is 8.42 Å². The number of sulfonamides is 1. The second-order valence-electron chi connectivity index (χ2n) is 6.68. The van der Waals surface area contributed by atoms with Gasteiger partial charge < -0.3 is 15.4 Å². The van der Waals surface area contributed by atoms with E-state index in [1.165, 1.54) is 28.6 Å². The number of primary amides is 1. The predicted molar refractivity (Wildman–Crippen MR) is 98.4 cm³/mol. The molecule has 2 N–H and O–H groups in total. The quantitative estimate of drug-likeness (QED) is 0.767. The van der Waals surface area contributed by atoms with E-state index in [4.69, 9.17) is 22.1 Å². The highest BCUT2D eigenvalue weighted by atomic mass is 35.5. The van der Waals surface area contributed by atoms with Crippen LogP contribution in [0.25, 0.3) is 0 Å². The summed E-state index contributed by atoms with van der Waals surface area (Å²) >= 11 is 5.82. The SMILES string of the molecule is NC(=O)C1CN(C(=O)C2CCN(S(=O)(=O)c3ccc(Cl)cc3)CC2)CCO1. The average Bonchev–Trinajstić information content (AvgIpc) is 2.68. The molecule has 2 fully saturated rings. The van der Waals surface area contributed by atoms with Crippen LogP contribution in [0.15, 0.2) is 29.2 Å². The van der Waals surface area contributed by atoms with Gasteiger partial charge in [-0.1, -0.05) is 11.6 Å². The van der Waals surface area contributed by atoms with Gasteiger partial charge in [0.2, 0.25) is 21.8 Å². The second-order valence-corrected chi connectivity index (χ2v) is 9.05. The normalized spacial score (nSPS) is 22.6. The highest BCUT2D eigenvalue weighted by Crippen LogP contribution is 2.26. The number of nitrogens with zero attached hydrogens (tertiary/aromatic N) is 2. The Kier molecular flexibility index (Phi) is 6.05. The summed E-state index contributed by atoms with van der Waals surface area (Å²) < 4.78 is 32.1. The standard InChI is InChI=1S/C17H22ClN3O5S/c18-13-1-3-14(4-2-13)27(24,25)21-7-5-12(6-8-21)17(23)20-9-10-26-15(11-20)16(19)22/h1-4,12,15H,5-11H2,(H2,19,22). The van der Waals surface area contributed by atoms with Gasteiger partial charge in [-0.15, -0.1) is 0 Å². The minimum absolute atomic E-state index is 0.0758. The number of hydrogen-bond acceptors (Lipinski definition) is 5. The van der Waals surface area contributed by atoms with E-state index in [0.717, 1.165) is 0 Å². The zero-order chi connectivity index (χ0) is 19.6. The van der Waals surface area contributed by atoms with Crippen molar-refractivity contribution >= 4 is 33.4 Å². The molecule has 0 aliphatic carbocycles. The first-order chi connectivity index (χ1) is 12.8. The Morgan fingerprint density at radius 1 is 1.11 bits per heavy atom. The lowest BCUT2D eigenvalue weighted by Crippen LogP contribution is -2.53. The number of rotatable bonds is 4. The molecule has 2 aliphatic heterocycles. The summed E-state index contributed by atoms with van der Waals surface area (Å²) in [7, 11) is -3.60. The maximum absolute atomic E-state index is 12.7. The molecule has 2 saturated heterocycles. The van der Waals surface area contributed by atoms with Gasteiger partial charge in [-0.05, 0) is 37.1 Å². The highest BCUT2D eigenvalue weighted by Gasteiger charge is 2.36. The average molecular weight is 416 g/mol. The second kappa shape index (κ2) is 8.14. The number of amides is 2. The lowest BCUT2D eigenvalue weighted by atomic mass is 9.96. The molecule has 148 valence electrons. The van der Waals surface area contributed by atoms with Gasteiger partial charge in [0.25, 0.3) is 0 Å². The summed E-state index contributed by atoms with van der Waals surface area (Å²) in [5.74, 6) is -0.933. The van der Waals surface area contributed by atoms with Crippen LogP contribution in [-0.4, -0.2) is 68.3 Å². The Labute approximate surface area is 163 Å². The number of nitrogens with two attached hydrogens (primary N) is 1. The largest absolute Gasteiger partial charge is 0.367 e. The number of morpholine rings is 1. The van der Waals surface area contributed by atoms with Gasteiger partial charge in [-0.3, -0.25) is 9.59 Å². The first kappa shape index (κ1) is 20.1. The summed E-state index contributed by atoms with van der Waals surface area (Å²) in [5.41, 5.74) is 5.26. The molecule has 2 aliphatic rings. The number of carbonyl (C=O) groups is 2. The van der Waals surface area contributed by atoms with Crippen molar-refractivity contribution < 1.29 is 22.7 Å². The zero-order valence-corrected chi connectivity index (χ0v) is 16.3. The van der Waals surface area contributed by atoms with Gasteiger partial charge >= 0.3 is 0 Å². The number of hydrogen-bond donors (Lipinski definition) is 1. The molecule has 0 aromatic heterocycles. The van der Waals surface area contributed by atoms with Crippen molar-refractivity contribution in [1.82, 2.24) is 9.21 Å². The molecule has 1 unspecified atom stereocenters.